The summed E-state index contributed by atoms with van der Waals surface area (Å²) in [6.45, 7) is 5.41. The number of carbonyl (C=O) groups excluding carboxylic acids is 2. The number of hydrogen-bond acceptors (Lipinski definition) is 7. The molecule has 1 fully saturated rings. The van der Waals surface area contributed by atoms with Crippen molar-refractivity contribution in [2.45, 2.75) is 13.8 Å². The highest BCUT2D eigenvalue weighted by atomic mass is 32.1. The lowest BCUT2D eigenvalue weighted by Gasteiger charge is -2.34. The third kappa shape index (κ3) is 3.46. The van der Waals surface area contributed by atoms with Crippen LogP contribution >= 0.6 is 11.3 Å². The average molecular weight is 451 g/mol. The van der Waals surface area contributed by atoms with Crippen LogP contribution in [0.5, 0.6) is 0 Å². The molecule has 0 atom stereocenters. The van der Waals surface area contributed by atoms with E-state index < -0.39 is 0 Å². The number of hydrogen-bond donors (Lipinski definition) is 0. The van der Waals surface area contributed by atoms with Gasteiger partial charge in [-0.05, 0) is 31.4 Å². The molecule has 10 heteroatoms. The number of aromatic nitrogens is 4. The predicted octanol–water partition coefficient (Wildman–Crippen LogP) is 2.90. The molecule has 0 aliphatic carbocycles. The number of nitrogens with zero attached hydrogens (tertiary/aromatic N) is 6. The van der Waals surface area contributed by atoms with Gasteiger partial charge in [0, 0.05) is 39.3 Å². The van der Waals surface area contributed by atoms with Crippen LogP contribution in [-0.4, -0.2) is 67.7 Å². The molecule has 0 radical (unpaired) electrons. The van der Waals surface area contributed by atoms with Gasteiger partial charge in [-0.15, -0.1) is 11.3 Å². The standard InChI is InChI=1S/C22H22N6O3S/c1-13-11-17(31-25-13)22(30)28-8-6-27(7-9-28)21(29)15-12-16(18-5-4-10-32-18)23-20-19(15)14(2)24-26(20)3/h4-5,10-12H,6-9H2,1-3H3. The lowest BCUT2D eigenvalue weighted by Crippen LogP contribution is -2.50. The second-order valence-electron chi connectivity index (χ2n) is 7.86. The Balaban J connectivity index is 1.42. The van der Waals surface area contributed by atoms with Crippen molar-refractivity contribution in [3.8, 4) is 10.6 Å². The topological polar surface area (TPSA) is 97.4 Å². The highest BCUT2D eigenvalue weighted by molar-refractivity contribution is 7.13. The second kappa shape index (κ2) is 7.86. The Morgan fingerprint density at radius 2 is 1.78 bits per heavy atom. The molecule has 0 spiro atoms. The molecule has 0 N–H and O–H groups in total. The summed E-state index contributed by atoms with van der Waals surface area (Å²) >= 11 is 1.58. The fourth-order valence-corrected chi connectivity index (χ4v) is 4.75. The van der Waals surface area contributed by atoms with E-state index in [4.69, 9.17) is 9.51 Å². The fourth-order valence-electron chi connectivity index (χ4n) is 4.07. The van der Waals surface area contributed by atoms with Crippen LogP contribution in [0.25, 0.3) is 21.6 Å². The zero-order valence-electron chi connectivity index (χ0n) is 18.0. The Kier molecular flexibility index (Phi) is 5.01. The van der Waals surface area contributed by atoms with Crippen molar-refractivity contribution in [1.29, 1.82) is 0 Å². The van der Waals surface area contributed by atoms with Gasteiger partial charge in [0.15, 0.2) is 5.65 Å². The van der Waals surface area contributed by atoms with E-state index in [2.05, 4.69) is 10.3 Å². The zero-order chi connectivity index (χ0) is 22.4. The van der Waals surface area contributed by atoms with Gasteiger partial charge in [0.2, 0.25) is 5.76 Å². The summed E-state index contributed by atoms with van der Waals surface area (Å²) in [5.74, 6) is -0.0503. The van der Waals surface area contributed by atoms with Gasteiger partial charge in [-0.2, -0.15) is 5.10 Å². The van der Waals surface area contributed by atoms with Crippen LogP contribution in [0.1, 0.15) is 32.3 Å². The Morgan fingerprint density at radius 3 is 2.41 bits per heavy atom. The second-order valence-corrected chi connectivity index (χ2v) is 8.80. The van der Waals surface area contributed by atoms with Gasteiger partial charge in [0.1, 0.15) is 0 Å². The van der Waals surface area contributed by atoms with Gasteiger partial charge in [0.25, 0.3) is 11.8 Å². The number of amides is 2. The molecule has 0 saturated carbocycles. The number of carbonyl (C=O) groups is 2. The number of piperazine rings is 1. The van der Waals surface area contributed by atoms with E-state index in [1.54, 1.807) is 38.8 Å². The van der Waals surface area contributed by atoms with E-state index in [-0.39, 0.29) is 17.6 Å². The first-order valence-corrected chi connectivity index (χ1v) is 11.2. The molecular formula is C22H22N6O3S. The molecule has 2 amide bonds. The maximum absolute atomic E-state index is 13.6. The van der Waals surface area contributed by atoms with Crippen LogP contribution in [0.15, 0.2) is 34.2 Å². The summed E-state index contributed by atoms with van der Waals surface area (Å²) in [5.41, 5.74) is 3.47. The van der Waals surface area contributed by atoms with E-state index in [0.717, 1.165) is 21.7 Å². The maximum Gasteiger partial charge on any atom is 0.292 e. The van der Waals surface area contributed by atoms with Crippen molar-refractivity contribution in [1.82, 2.24) is 29.7 Å². The Bertz CT molecular complexity index is 1320. The molecular weight excluding hydrogens is 428 g/mol. The van der Waals surface area contributed by atoms with Gasteiger partial charge in [-0.3, -0.25) is 14.3 Å². The zero-order valence-corrected chi connectivity index (χ0v) is 18.8. The van der Waals surface area contributed by atoms with Crippen LogP contribution in [-0.2, 0) is 7.05 Å². The number of rotatable bonds is 3. The van der Waals surface area contributed by atoms with Crippen molar-refractivity contribution in [3.63, 3.8) is 0 Å². The normalized spacial score (nSPS) is 14.3. The minimum atomic E-state index is -0.202. The molecule has 1 saturated heterocycles. The van der Waals surface area contributed by atoms with E-state index in [9.17, 15) is 9.59 Å². The van der Waals surface area contributed by atoms with Crippen LogP contribution in [0.3, 0.4) is 0 Å². The number of aryl methyl sites for hydroxylation is 3. The third-order valence-corrected chi connectivity index (χ3v) is 6.56. The van der Waals surface area contributed by atoms with Gasteiger partial charge in [-0.25, -0.2) is 4.98 Å². The molecule has 0 unspecified atom stereocenters. The number of thiophene rings is 1. The van der Waals surface area contributed by atoms with E-state index in [0.29, 0.717) is 43.1 Å². The van der Waals surface area contributed by atoms with Crippen LogP contribution < -0.4 is 0 Å². The maximum atomic E-state index is 13.6. The molecule has 4 aromatic rings. The molecule has 1 aliphatic heterocycles. The largest absolute Gasteiger partial charge is 0.351 e. The molecule has 5 heterocycles. The van der Waals surface area contributed by atoms with Gasteiger partial charge < -0.3 is 14.3 Å². The third-order valence-electron chi connectivity index (χ3n) is 5.67. The highest BCUT2D eigenvalue weighted by Crippen LogP contribution is 2.30. The smallest absolute Gasteiger partial charge is 0.292 e. The lowest BCUT2D eigenvalue weighted by molar-refractivity contribution is 0.0513. The summed E-state index contributed by atoms with van der Waals surface area (Å²) in [6, 6.07) is 7.45. The molecule has 0 bridgehead atoms. The van der Waals surface area contributed by atoms with Crippen LogP contribution in [0.4, 0.5) is 0 Å². The molecule has 5 rings (SSSR count). The SMILES string of the molecule is Cc1cc(C(=O)N2CCN(C(=O)c3cc(-c4cccs4)nc4c3c(C)nn4C)CC2)on1. The van der Waals surface area contributed by atoms with Crippen molar-refractivity contribution >= 4 is 34.2 Å². The van der Waals surface area contributed by atoms with Gasteiger partial charge in [-0.1, -0.05) is 11.2 Å². The monoisotopic (exact) mass is 450 g/mol. The number of pyridine rings is 1. The molecule has 0 aromatic carbocycles. The van der Waals surface area contributed by atoms with Crippen molar-refractivity contribution in [3.05, 3.63) is 52.4 Å². The highest BCUT2D eigenvalue weighted by Gasteiger charge is 2.29. The Hall–Kier alpha value is -3.53. The first kappa shape index (κ1) is 20.4. The Morgan fingerprint density at radius 1 is 1.06 bits per heavy atom. The average Bonchev–Trinajstić information content (AvgIpc) is 3.54. The fraction of sp³-hybridized carbons (Fsp3) is 0.318. The van der Waals surface area contributed by atoms with Crippen molar-refractivity contribution in [2.75, 3.05) is 26.2 Å². The lowest BCUT2D eigenvalue weighted by atomic mass is 10.1. The minimum Gasteiger partial charge on any atom is -0.351 e. The molecule has 9 nitrogen and oxygen atoms in total. The van der Waals surface area contributed by atoms with Gasteiger partial charge >= 0.3 is 0 Å². The van der Waals surface area contributed by atoms with Crippen LogP contribution in [0, 0.1) is 13.8 Å². The van der Waals surface area contributed by atoms with E-state index >= 15 is 0 Å². The molecule has 164 valence electrons. The summed E-state index contributed by atoms with van der Waals surface area (Å²) < 4.78 is 6.81. The summed E-state index contributed by atoms with van der Waals surface area (Å²) in [5, 5.41) is 11.0. The minimum absolute atomic E-state index is 0.0751. The molecule has 1 aliphatic rings. The van der Waals surface area contributed by atoms with Crippen molar-refractivity contribution < 1.29 is 14.1 Å². The predicted molar refractivity (Wildman–Crippen MR) is 120 cm³/mol. The summed E-state index contributed by atoms with van der Waals surface area (Å²) in [4.78, 5) is 35.5. The first-order valence-electron chi connectivity index (χ1n) is 10.3. The number of fused-ring (bicyclic) bond motifs is 1. The molecule has 32 heavy (non-hydrogen) atoms. The molecule has 4 aromatic heterocycles. The van der Waals surface area contributed by atoms with Crippen LogP contribution in [0.2, 0.25) is 0 Å². The van der Waals surface area contributed by atoms with Crippen molar-refractivity contribution in [2.24, 2.45) is 7.05 Å². The van der Waals surface area contributed by atoms with E-state index in [1.165, 1.54) is 0 Å². The first-order chi connectivity index (χ1) is 15.4. The quantitative estimate of drug-likeness (QED) is 0.476. The Labute approximate surface area is 188 Å². The van der Waals surface area contributed by atoms with E-state index in [1.807, 2.05) is 37.6 Å². The summed E-state index contributed by atoms with van der Waals surface area (Å²) in [7, 11) is 1.84. The van der Waals surface area contributed by atoms with Gasteiger partial charge in [0.05, 0.1) is 32.9 Å². The summed E-state index contributed by atoms with van der Waals surface area (Å²) in [6.07, 6.45) is 0.